The number of aliphatic hydroxyl groups is 1. The Morgan fingerprint density at radius 1 is 1.29 bits per heavy atom. The van der Waals surface area contributed by atoms with Crippen LogP contribution in [0.15, 0.2) is 36.4 Å². The highest BCUT2D eigenvalue weighted by molar-refractivity contribution is 5.56. The Morgan fingerprint density at radius 3 is 2.81 bits per heavy atom. The molecule has 1 aliphatic carbocycles. The van der Waals surface area contributed by atoms with Crippen molar-refractivity contribution in [2.75, 3.05) is 11.9 Å². The van der Waals surface area contributed by atoms with Crippen LogP contribution >= 0.6 is 0 Å². The highest BCUT2D eigenvalue weighted by Crippen LogP contribution is 2.27. The molecule has 0 fully saturated rings. The molecule has 3 rings (SSSR count). The summed E-state index contributed by atoms with van der Waals surface area (Å²) in [7, 11) is 0. The van der Waals surface area contributed by atoms with Gasteiger partial charge in [-0.3, -0.25) is 0 Å². The van der Waals surface area contributed by atoms with Crippen LogP contribution in [0.25, 0.3) is 0 Å². The monoisotopic (exact) mass is 279 g/mol. The van der Waals surface area contributed by atoms with Gasteiger partial charge in [0.1, 0.15) is 11.9 Å². The number of aliphatic hydroxyl groups excluding tert-OH is 1. The third kappa shape index (κ3) is 2.74. The van der Waals surface area contributed by atoms with E-state index in [1.54, 1.807) is 0 Å². The van der Waals surface area contributed by atoms with Gasteiger partial charge in [0.2, 0.25) is 0 Å². The molecule has 21 heavy (non-hydrogen) atoms. The summed E-state index contributed by atoms with van der Waals surface area (Å²) in [5.74, 6) is 0.570. The zero-order valence-electron chi connectivity index (χ0n) is 11.7. The lowest BCUT2D eigenvalue weighted by atomic mass is 10.1. The van der Waals surface area contributed by atoms with E-state index >= 15 is 0 Å². The lowest BCUT2D eigenvalue weighted by Crippen LogP contribution is -2.17. The van der Waals surface area contributed by atoms with E-state index in [1.807, 2.05) is 36.4 Å². The van der Waals surface area contributed by atoms with Crippen molar-refractivity contribution in [2.45, 2.75) is 25.3 Å². The van der Waals surface area contributed by atoms with E-state index in [4.69, 9.17) is 0 Å². The summed E-state index contributed by atoms with van der Waals surface area (Å²) >= 11 is 0. The van der Waals surface area contributed by atoms with E-state index in [-0.39, 0.29) is 12.6 Å². The van der Waals surface area contributed by atoms with Crippen molar-refractivity contribution in [1.29, 1.82) is 5.26 Å². The molecular weight excluding hydrogens is 262 g/mol. The molecule has 1 heterocycles. The van der Waals surface area contributed by atoms with Crippen molar-refractivity contribution in [3.63, 3.8) is 0 Å². The summed E-state index contributed by atoms with van der Waals surface area (Å²) in [5, 5.41) is 22.1. The van der Waals surface area contributed by atoms with E-state index in [0.717, 1.165) is 30.5 Å². The van der Waals surface area contributed by atoms with Crippen molar-refractivity contribution in [1.82, 2.24) is 4.98 Å². The fourth-order valence-electron chi connectivity index (χ4n) is 2.75. The van der Waals surface area contributed by atoms with Gasteiger partial charge < -0.3 is 10.4 Å². The number of hydrogen-bond acceptors (Lipinski definition) is 4. The summed E-state index contributed by atoms with van der Waals surface area (Å²) in [6, 6.07) is 13.6. The van der Waals surface area contributed by atoms with Crippen molar-refractivity contribution < 1.29 is 5.11 Å². The smallest absolute Gasteiger partial charge is 0.144 e. The molecule has 1 atom stereocenters. The first-order chi connectivity index (χ1) is 10.3. The Bertz CT molecular complexity index is 676. The fraction of sp³-hybridized carbons (Fsp3) is 0.294. The van der Waals surface area contributed by atoms with Crippen LogP contribution in [0.2, 0.25) is 0 Å². The van der Waals surface area contributed by atoms with Crippen molar-refractivity contribution >= 4 is 5.82 Å². The minimum Gasteiger partial charge on any atom is -0.394 e. The van der Waals surface area contributed by atoms with Crippen LogP contribution in [0.3, 0.4) is 0 Å². The number of hydrogen-bond donors (Lipinski definition) is 2. The first kappa shape index (κ1) is 13.6. The molecule has 0 spiro atoms. The molecule has 0 saturated heterocycles. The molecule has 2 aromatic rings. The van der Waals surface area contributed by atoms with Gasteiger partial charge in [-0.1, -0.05) is 30.3 Å². The Hall–Kier alpha value is -2.38. The molecule has 2 N–H and O–H groups in total. The third-order valence-electron chi connectivity index (χ3n) is 3.87. The van der Waals surface area contributed by atoms with E-state index in [9.17, 15) is 10.4 Å². The second kappa shape index (κ2) is 5.94. The van der Waals surface area contributed by atoms with Crippen LogP contribution in [0.4, 0.5) is 5.82 Å². The Kier molecular flexibility index (Phi) is 3.85. The van der Waals surface area contributed by atoms with E-state index < -0.39 is 0 Å². The lowest BCUT2D eigenvalue weighted by Gasteiger charge is -2.18. The Balaban J connectivity index is 1.92. The SMILES string of the molecule is N#Cc1cc2c(nc1NC(CO)c1ccccc1)CCC2. The van der Waals surface area contributed by atoms with E-state index in [1.165, 1.54) is 5.56 Å². The topological polar surface area (TPSA) is 68.9 Å². The minimum atomic E-state index is -0.259. The number of pyridine rings is 1. The molecule has 0 radical (unpaired) electrons. The number of fused-ring (bicyclic) bond motifs is 1. The van der Waals surface area contributed by atoms with Crippen molar-refractivity contribution in [3.8, 4) is 6.07 Å². The molecule has 0 bridgehead atoms. The number of anilines is 1. The van der Waals surface area contributed by atoms with Gasteiger partial charge in [0.05, 0.1) is 18.2 Å². The van der Waals surface area contributed by atoms with Gasteiger partial charge in [-0.15, -0.1) is 0 Å². The fourth-order valence-corrected chi connectivity index (χ4v) is 2.75. The highest BCUT2D eigenvalue weighted by Gasteiger charge is 2.18. The van der Waals surface area contributed by atoms with Gasteiger partial charge in [0, 0.05) is 5.69 Å². The second-order valence-corrected chi connectivity index (χ2v) is 5.25. The maximum Gasteiger partial charge on any atom is 0.144 e. The molecule has 1 unspecified atom stereocenters. The zero-order chi connectivity index (χ0) is 14.7. The molecular formula is C17H17N3O. The minimum absolute atomic E-state index is 0.0480. The number of nitrogens with zero attached hydrogens (tertiary/aromatic N) is 2. The molecule has 4 heteroatoms. The average Bonchev–Trinajstić information content (AvgIpc) is 2.99. The van der Waals surface area contributed by atoms with Crippen LogP contribution in [-0.4, -0.2) is 16.7 Å². The Morgan fingerprint density at radius 2 is 2.10 bits per heavy atom. The second-order valence-electron chi connectivity index (χ2n) is 5.25. The molecule has 0 aliphatic heterocycles. The number of rotatable bonds is 4. The number of benzene rings is 1. The summed E-state index contributed by atoms with van der Waals surface area (Å²) in [6.07, 6.45) is 3.06. The van der Waals surface area contributed by atoms with Crippen LogP contribution in [0.5, 0.6) is 0 Å². The normalized spacial score (nSPS) is 14.3. The summed E-state index contributed by atoms with van der Waals surface area (Å²) in [4.78, 5) is 4.59. The molecule has 4 nitrogen and oxygen atoms in total. The molecule has 0 amide bonds. The van der Waals surface area contributed by atoms with Gasteiger partial charge in [-0.25, -0.2) is 4.98 Å². The zero-order valence-corrected chi connectivity index (χ0v) is 11.7. The third-order valence-corrected chi connectivity index (χ3v) is 3.87. The molecule has 0 saturated carbocycles. The predicted molar refractivity (Wildman–Crippen MR) is 80.9 cm³/mol. The van der Waals surface area contributed by atoms with Gasteiger partial charge in [-0.2, -0.15) is 5.26 Å². The highest BCUT2D eigenvalue weighted by atomic mass is 16.3. The summed E-state index contributed by atoms with van der Waals surface area (Å²) < 4.78 is 0. The lowest BCUT2D eigenvalue weighted by molar-refractivity contribution is 0.276. The largest absolute Gasteiger partial charge is 0.394 e. The number of aryl methyl sites for hydroxylation is 2. The number of nitrogens with one attached hydrogen (secondary N) is 1. The number of aromatic nitrogens is 1. The molecule has 106 valence electrons. The van der Waals surface area contributed by atoms with Crippen LogP contribution in [0, 0.1) is 11.3 Å². The van der Waals surface area contributed by atoms with Gasteiger partial charge in [-0.05, 0) is 36.5 Å². The van der Waals surface area contributed by atoms with Crippen LogP contribution < -0.4 is 5.32 Å². The van der Waals surface area contributed by atoms with Gasteiger partial charge >= 0.3 is 0 Å². The van der Waals surface area contributed by atoms with Gasteiger partial charge in [0.15, 0.2) is 0 Å². The number of nitriles is 1. The quantitative estimate of drug-likeness (QED) is 0.902. The van der Waals surface area contributed by atoms with Crippen molar-refractivity contribution in [3.05, 3.63) is 58.8 Å². The van der Waals surface area contributed by atoms with Crippen LogP contribution in [0.1, 0.15) is 34.8 Å². The maximum absolute atomic E-state index is 9.62. The average molecular weight is 279 g/mol. The van der Waals surface area contributed by atoms with Crippen LogP contribution in [-0.2, 0) is 12.8 Å². The Labute approximate surface area is 124 Å². The predicted octanol–water partition coefficient (Wildman–Crippen LogP) is 2.59. The van der Waals surface area contributed by atoms with Gasteiger partial charge in [0.25, 0.3) is 0 Å². The summed E-state index contributed by atoms with van der Waals surface area (Å²) in [5.41, 5.74) is 3.77. The van der Waals surface area contributed by atoms with Crippen molar-refractivity contribution in [2.24, 2.45) is 0 Å². The van der Waals surface area contributed by atoms with E-state index in [0.29, 0.717) is 11.4 Å². The first-order valence-corrected chi connectivity index (χ1v) is 7.17. The summed E-state index contributed by atoms with van der Waals surface area (Å²) in [6.45, 7) is -0.0480. The molecule has 1 aromatic carbocycles. The maximum atomic E-state index is 9.62. The first-order valence-electron chi connectivity index (χ1n) is 7.17. The molecule has 1 aliphatic rings. The molecule has 1 aromatic heterocycles. The van der Waals surface area contributed by atoms with E-state index in [2.05, 4.69) is 16.4 Å². The standard InChI is InChI=1S/C17H17N3O/c18-10-14-9-13-7-4-8-15(13)19-17(14)20-16(11-21)12-5-2-1-3-6-12/h1-3,5-6,9,16,21H,4,7-8,11H2,(H,19,20).